The van der Waals surface area contributed by atoms with Crippen molar-refractivity contribution in [2.75, 3.05) is 19.7 Å². The molecule has 2 atom stereocenters. The molecule has 0 amide bonds. The highest BCUT2D eigenvalue weighted by Gasteiger charge is 2.22. The Balaban J connectivity index is 2.23. The fourth-order valence-electron chi connectivity index (χ4n) is 1.84. The fraction of sp³-hybridized carbons (Fsp3) is 1.00. The van der Waals surface area contributed by atoms with E-state index in [-0.39, 0.29) is 6.10 Å². The minimum atomic E-state index is 0.227. The molecule has 0 bridgehead atoms. The van der Waals surface area contributed by atoms with Crippen LogP contribution in [0.15, 0.2) is 0 Å². The van der Waals surface area contributed by atoms with Crippen LogP contribution in [0, 0.1) is 5.92 Å². The van der Waals surface area contributed by atoms with Gasteiger partial charge in [-0.2, -0.15) is 0 Å². The third-order valence-corrected chi connectivity index (χ3v) is 2.48. The van der Waals surface area contributed by atoms with Gasteiger partial charge in [-0.15, -0.1) is 0 Å². The van der Waals surface area contributed by atoms with E-state index in [9.17, 15) is 0 Å². The van der Waals surface area contributed by atoms with Gasteiger partial charge in [0, 0.05) is 13.1 Å². The molecule has 15 heavy (non-hydrogen) atoms. The van der Waals surface area contributed by atoms with Gasteiger partial charge in [-0.25, -0.2) is 0 Å². The van der Waals surface area contributed by atoms with Crippen LogP contribution in [0.4, 0.5) is 0 Å². The summed E-state index contributed by atoms with van der Waals surface area (Å²) in [7, 11) is 0. The molecule has 1 heterocycles. The summed E-state index contributed by atoms with van der Waals surface area (Å²) in [5.74, 6) is 0.696. The lowest BCUT2D eigenvalue weighted by Gasteiger charge is -2.32. The maximum absolute atomic E-state index is 5.96. The second-order valence-corrected chi connectivity index (χ2v) is 5.05. The van der Waals surface area contributed by atoms with Crippen LogP contribution >= 0.6 is 0 Å². The Kier molecular flexibility index (Phi) is 5.58. The van der Waals surface area contributed by atoms with Crippen LogP contribution in [-0.2, 0) is 9.47 Å². The van der Waals surface area contributed by atoms with Gasteiger partial charge in [0.05, 0.1) is 24.9 Å². The summed E-state index contributed by atoms with van der Waals surface area (Å²) in [5, 5.41) is 3.41. The maximum Gasteiger partial charge on any atom is 0.0937 e. The zero-order chi connectivity index (χ0) is 11.3. The molecule has 0 aromatic heterocycles. The molecule has 1 rings (SSSR count). The van der Waals surface area contributed by atoms with Gasteiger partial charge in [0.2, 0.25) is 0 Å². The standard InChI is InChI=1S/C12H25NO2/c1-9(2)5-11-6-13-7-12(15-11)8-14-10(3)4/h9-13H,5-8H2,1-4H3. The van der Waals surface area contributed by atoms with E-state index < -0.39 is 0 Å². The molecule has 0 saturated carbocycles. The molecule has 90 valence electrons. The molecule has 1 saturated heterocycles. The minimum absolute atomic E-state index is 0.227. The van der Waals surface area contributed by atoms with Crippen molar-refractivity contribution in [2.45, 2.75) is 52.4 Å². The van der Waals surface area contributed by atoms with E-state index >= 15 is 0 Å². The summed E-state index contributed by atoms with van der Waals surface area (Å²) in [6.07, 6.45) is 2.01. The van der Waals surface area contributed by atoms with E-state index in [2.05, 4.69) is 33.0 Å². The first kappa shape index (κ1) is 12.9. The maximum atomic E-state index is 5.96. The van der Waals surface area contributed by atoms with Crippen molar-refractivity contribution in [3.63, 3.8) is 0 Å². The Morgan fingerprint density at radius 2 is 1.87 bits per heavy atom. The van der Waals surface area contributed by atoms with Crippen LogP contribution in [0.2, 0.25) is 0 Å². The molecule has 3 nitrogen and oxygen atoms in total. The van der Waals surface area contributed by atoms with Gasteiger partial charge in [0.25, 0.3) is 0 Å². The van der Waals surface area contributed by atoms with Gasteiger partial charge in [-0.05, 0) is 26.2 Å². The van der Waals surface area contributed by atoms with Gasteiger partial charge >= 0.3 is 0 Å². The van der Waals surface area contributed by atoms with Crippen molar-refractivity contribution >= 4 is 0 Å². The van der Waals surface area contributed by atoms with Gasteiger partial charge in [0.15, 0.2) is 0 Å². The highest BCUT2D eigenvalue weighted by Crippen LogP contribution is 2.13. The molecule has 1 aliphatic rings. The second kappa shape index (κ2) is 6.46. The SMILES string of the molecule is CC(C)CC1CNCC(COC(C)C)O1. The monoisotopic (exact) mass is 215 g/mol. The summed E-state index contributed by atoms with van der Waals surface area (Å²) >= 11 is 0. The smallest absolute Gasteiger partial charge is 0.0937 e. The van der Waals surface area contributed by atoms with Crippen LogP contribution in [0.3, 0.4) is 0 Å². The third-order valence-electron chi connectivity index (χ3n) is 2.48. The summed E-state index contributed by atoms with van der Waals surface area (Å²) in [4.78, 5) is 0. The van der Waals surface area contributed by atoms with Crippen molar-refractivity contribution in [3.05, 3.63) is 0 Å². The van der Waals surface area contributed by atoms with Gasteiger partial charge < -0.3 is 14.8 Å². The Bertz CT molecular complexity index is 171. The number of hydrogen-bond donors (Lipinski definition) is 1. The Morgan fingerprint density at radius 1 is 1.20 bits per heavy atom. The molecular formula is C12H25NO2. The van der Waals surface area contributed by atoms with Gasteiger partial charge in [-0.3, -0.25) is 0 Å². The summed E-state index contributed by atoms with van der Waals surface area (Å²) < 4.78 is 11.5. The van der Waals surface area contributed by atoms with E-state index in [0.717, 1.165) is 19.5 Å². The first-order chi connectivity index (χ1) is 7.08. The minimum Gasteiger partial charge on any atom is -0.376 e. The molecule has 3 heteroatoms. The zero-order valence-corrected chi connectivity index (χ0v) is 10.5. The lowest BCUT2D eigenvalue weighted by atomic mass is 10.0. The quantitative estimate of drug-likeness (QED) is 0.759. The first-order valence-electron chi connectivity index (χ1n) is 6.05. The average molecular weight is 215 g/mol. The summed E-state index contributed by atoms with van der Waals surface area (Å²) in [6.45, 7) is 11.2. The molecular weight excluding hydrogens is 190 g/mol. The average Bonchev–Trinajstić information content (AvgIpc) is 2.14. The van der Waals surface area contributed by atoms with Gasteiger partial charge in [0.1, 0.15) is 0 Å². The van der Waals surface area contributed by atoms with E-state index in [0.29, 0.717) is 24.7 Å². The molecule has 0 aromatic rings. The molecule has 0 spiro atoms. The molecule has 2 unspecified atom stereocenters. The largest absolute Gasteiger partial charge is 0.376 e. The Hall–Kier alpha value is -0.120. The lowest BCUT2D eigenvalue weighted by molar-refractivity contribution is -0.0905. The van der Waals surface area contributed by atoms with Crippen LogP contribution < -0.4 is 5.32 Å². The normalized spacial score (nSPS) is 27.6. The molecule has 0 aliphatic carbocycles. The number of nitrogens with one attached hydrogen (secondary N) is 1. The van der Waals surface area contributed by atoms with Crippen LogP contribution in [-0.4, -0.2) is 38.0 Å². The van der Waals surface area contributed by atoms with Crippen LogP contribution in [0.25, 0.3) is 0 Å². The number of morpholine rings is 1. The van der Waals surface area contributed by atoms with E-state index in [1.54, 1.807) is 0 Å². The second-order valence-electron chi connectivity index (χ2n) is 5.05. The highest BCUT2D eigenvalue weighted by atomic mass is 16.5. The Morgan fingerprint density at radius 3 is 2.47 bits per heavy atom. The predicted molar refractivity (Wildman–Crippen MR) is 62.1 cm³/mol. The van der Waals surface area contributed by atoms with Crippen LogP contribution in [0.5, 0.6) is 0 Å². The highest BCUT2D eigenvalue weighted by molar-refractivity contribution is 4.75. The summed E-state index contributed by atoms with van der Waals surface area (Å²) in [6, 6.07) is 0. The number of ether oxygens (including phenoxy) is 2. The van der Waals surface area contributed by atoms with E-state index in [1.807, 2.05) is 0 Å². The van der Waals surface area contributed by atoms with Crippen molar-refractivity contribution in [1.29, 1.82) is 0 Å². The Labute approximate surface area is 93.5 Å². The zero-order valence-electron chi connectivity index (χ0n) is 10.5. The fourth-order valence-corrected chi connectivity index (χ4v) is 1.84. The molecule has 0 aromatic carbocycles. The number of hydrogen-bond acceptors (Lipinski definition) is 3. The van der Waals surface area contributed by atoms with E-state index in [4.69, 9.17) is 9.47 Å². The lowest BCUT2D eigenvalue weighted by Crippen LogP contribution is -2.47. The molecule has 0 radical (unpaired) electrons. The molecule has 1 aliphatic heterocycles. The topological polar surface area (TPSA) is 30.5 Å². The first-order valence-corrected chi connectivity index (χ1v) is 6.05. The van der Waals surface area contributed by atoms with Crippen molar-refractivity contribution < 1.29 is 9.47 Å². The molecule has 1 N–H and O–H groups in total. The van der Waals surface area contributed by atoms with E-state index in [1.165, 1.54) is 0 Å². The summed E-state index contributed by atoms with van der Waals surface area (Å²) in [5.41, 5.74) is 0. The van der Waals surface area contributed by atoms with Crippen molar-refractivity contribution in [1.82, 2.24) is 5.32 Å². The van der Waals surface area contributed by atoms with Crippen molar-refractivity contribution in [2.24, 2.45) is 5.92 Å². The predicted octanol–water partition coefficient (Wildman–Crippen LogP) is 1.81. The van der Waals surface area contributed by atoms with Crippen LogP contribution in [0.1, 0.15) is 34.1 Å². The van der Waals surface area contributed by atoms with Crippen molar-refractivity contribution in [3.8, 4) is 0 Å². The van der Waals surface area contributed by atoms with Gasteiger partial charge in [-0.1, -0.05) is 13.8 Å². The molecule has 1 fully saturated rings. The third kappa shape index (κ3) is 5.50. The number of rotatable bonds is 5.